The first-order valence-corrected chi connectivity index (χ1v) is 4.54. The largest absolute Gasteiger partial charge is 0.497 e. The van der Waals surface area contributed by atoms with Crippen LogP contribution < -0.4 is 9.47 Å². The molecule has 0 unspecified atom stereocenters. The fourth-order valence-electron chi connectivity index (χ4n) is 0.933. The molecule has 0 spiro atoms. The summed E-state index contributed by atoms with van der Waals surface area (Å²) in [4.78, 5) is 14.9. The van der Waals surface area contributed by atoms with Gasteiger partial charge in [0, 0.05) is 12.3 Å². The Morgan fingerprint density at radius 3 is 3.00 bits per heavy atom. The van der Waals surface area contributed by atoms with Gasteiger partial charge in [0.05, 0.1) is 13.7 Å². The standard InChI is InChI=1S/C10H13NO4/c1-3-14-10(12)7-15-9-6-8(13-2)4-5-11-9/h4-6H,3,7H2,1-2H3. The minimum absolute atomic E-state index is 0.145. The minimum atomic E-state index is -0.415. The van der Waals surface area contributed by atoms with Crippen molar-refractivity contribution >= 4 is 5.97 Å². The summed E-state index contributed by atoms with van der Waals surface area (Å²) in [6.45, 7) is 1.93. The zero-order valence-corrected chi connectivity index (χ0v) is 8.73. The molecule has 0 saturated heterocycles. The number of rotatable bonds is 5. The molecule has 15 heavy (non-hydrogen) atoms. The van der Waals surface area contributed by atoms with Gasteiger partial charge in [-0.1, -0.05) is 0 Å². The monoisotopic (exact) mass is 211 g/mol. The molecule has 0 aliphatic carbocycles. The first-order chi connectivity index (χ1) is 7.26. The van der Waals surface area contributed by atoms with Crippen LogP contribution in [0.4, 0.5) is 0 Å². The molecule has 0 atom stereocenters. The highest BCUT2D eigenvalue weighted by atomic mass is 16.6. The van der Waals surface area contributed by atoms with E-state index in [0.29, 0.717) is 18.2 Å². The number of esters is 1. The van der Waals surface area contributed by atoms with Crippen molar-refractivity contribution in [2.75, 3.05) is 20.3 Å². The van der Waals surface area contributed by atoms with E-state index in [1.165, 1.54) is 0 Å². The number of aromatic nitrogens is 1. The average molecular weight is 211 g/mol. The summed E-state index contributed by atoms with van der Waals surface area (Å²) >= 11 is 0. The molecular formula is C10H13NO4. The van der Waals surface area contributed by atoms with Crippen LogP contribution in [-0.4, -0.2) is 31.3 Å². The lowest BCUT2D eigenvalue weighted by atomic mass is 10.4. The predicted molar refractivity (Wildman–Crippen MR) is 52.9 cm³/mol. The molecule has 0 aliphatic heterocycles. The van der Waals surface area contributed by atoms with Gasteiger partial charge in [-0.15, -0.1) is 0 Å². The zero-order chi connectivity index (χ0) is 11.1. The normalized spacial score (nSPS) is 9.47. The summed E-state index contributed by atoms with van der Waals surface area (Å²) in [7, 11) is 1.55. The van der Waals surface area contributed by atoms with Crippen LogP contribution in [0, 0.1) is 0 Å². The summed E-state index contributed by atoms with van der Waals surface area (Å²) in [5.74, 6) is 0.549. The predicted octanol–water partition coefficient (Wildman–Crippen LogP) is 1.03. The lowest BCUT2D eigenvalue weighted by molar-refractivity contribution is -0.145. The second kappa shape index (κ2) is 5.85. The van der Waals surface area contributed by atoms with Crippen LogP contribution in [0.3, 0.4) is 0 Å². The fraction of sp³-hybridized carbons (Fsp3) is 0.400. The maximum Gasteiger partial charge on any atom is 0.344 e. The number of hydrogen-bond donors (Lipinski definition) is 0. The van der Waals surface area contributed by atoms with Gasteiger partial charge >= 0.3 is 5.97 Å². The molecule has 0 bridgehead atoms. The van der Waals surface area contributed by atoms with Gasteiger partial charge < -0.3 is 14.2 Å². The second-order valence-corrected chi connectivity index (χ2v) is 2.63. The van der Waals surface area contributed by atoms with Crippen molar-refractivity contribution < 1.29 is 19.0 Å². The van der Waals surface area contributed by atoms with Crippen LogP contribution in [-0.2, 0) is 9.53 Å². The van der Waals surface area contributed by atoms with E-state index in [9.17, 15) is 4.79 Å². The van der Waals surface area contributed by atoms with E-state index in [2.05, 4.69) is 4.98 Å². The first kappa shape index (κ1) is 11.3. The van der Waals surface area contributed by atoms with Crippen LogP contribution in [0.2, 0.25) is 0 Å². The maximum absolute atomic E-state index is 11.0. The van der Waals surface area contributed by atoms with Crippen molar-refractivity contribution in [3.63, 3.8) is 0 Å². The van der Waals surface area contributed by atoms with Gasteiger partial charge in [-0.25, -0.2) is 9.78 Å². The molecule has 1 rings (SSSR count). The zero-order valence-electron chi connectivity index (χ0n) is 8.73. The number of methoxy groups -OCH3 is 1. The van der Waals surface area contributed by atoms with Crippen molar-refractivity contribution in [1.82, 2.24) is 4.98 Å². The highest BCUT2D eigenvalue weighted by Crippen LogP contribution is 2.15. The number of pyridine rings is 1. The third-order valence-electron chi connectivity index (χ3n) is 1.59. The summed E-state index contributed by atoms with van der Waals surface area (Å²) in [5, 5.41) is 0. The quantitative estimate of drug-likeness (QED) is 0.681. The van der Waals surface area contributed by atoms with E-state index >= 15 is 0 Å². The summed E-state index contributed by atoms with van der Waals surface area (Å²) in [5.41, 5.74) is 0. The van der Waals surface area contributed by atoms with Crippen molar-refractivity contribution in [3.8, 4) is 11.6 Å². The number of ether oxygens (including phenoxy) is 3. The maximum atomic E-state index is 11.0. The van der Waals surface area contributed by atoms with Crippen LogP contribution in [0.15, 0.2) is 18.3 Å². The lowest BCUT2D eigenvalue weighted by Gasteiger charge is -2.05. The molecule has 1 aromatic rings. The van der Waals surface area contributed by atoms with Gasteiger partial charge in [0.2, 0.25) is 5.88 Å². The molecule has 82 valence electrons. The molecule has 0 radical (unpaired) electrons. The highest BCUT2D eigenvalue weighted by molar-refractivity contribution is 5.70. The van der Waals surface area contributed by atoms with Crippen molar-refractivity contribution in [3.05, 3.63) is 18.3 Å². The minimum Gasteiger partial charge on any atom is -0.497 e. The molecule has 5 nitrogen and oxygen atoms in total. The number of carbonyl (C=O) groups excluding carboxylic acids is 1. The third kappa shape index (κ3) is 3.84. The number of carbonyl (C=O) groups is 1. The van der Waals surface area contributed by atoms with E-state index in [4.69, 9.17) is 14.2 Å². The SMILES string of the molecule is CCOC(=O)COc1cc(OC)ccn1. The van der Waals surface area contributed by atoms with Gasteiger partial charge in [-0.3, -0.25) is 0 Å². The molecule has 0 aliphatic rings. The Morgan fingerprint density at radius 2 is 2.33 bits per heavy atom. The molecule has 1 aromatic heterocycles. The molecule has 0 N–H and O–H groups in total. The molecule has 0 fully saturated rings. The Bertz CT molecular complexity index is 327. The molecule has 0 amide bonds. The molecule has 0 saturated carbocycles. The van der Waals surface area contributed by atoms with E-state index in [1.807, 2.05) is 0 Å². The van der Waals surface area contributed by atoms with Gasteiger partial charge in [0.1, 0.15) is 5.75 Å². The average Bonchev–Trinajstić information content (AvgIpc) is 2.27. The van der Waals surface area contributed by atoms with Crippen molar-refractivity contribution in [1.29, 1.82) is 0 Å². The van der Waals surface area contributed by atoms with Crippen LogP contribution in [0.1, 0.15) is 6.92 Å². The second-order valence-electron chi connectivity index (χ2n) is 2.63. The van der Waals surface area contributed by atoms with Crippen molar-refractivity contribution in [2.24, 2.45) is 0 Å². The summed E-state index contributed by atoms with van der Waals surface area (Å²) < 4.78 is 14.8. The number of nitrogens with zero attached hydrogens (tertiary/aromatic N) is 1. The lowest BCUT2D eigenvalue weighted by Crippen LogP contribution is -2.14. The Hall–Kier alpha value is -1.78. The third-order valence-corrected chi connectivity index (χ3v) is 1.59. The summed E-state index contributed by atoms with van der Waals surface area (Å²) in [6.07, 6.45) is 1.54. The topological polar surface area (TPSA) is 57.7 Å². The molecule has 1 heterocycles. The van der Waals surface area contributed by atoms with E-state index in [0.717, 1.165) is 0 Å². The van der Waals surface area contributed by atoms with Gasteiger partial charge in [-0.05, 0) is 13.0 Å². The van der Waals surface area contributed by atoms with Crippen LogP contribution >= 0.6 is 0 Å². The Balaban J connectivity index is 2.46. The summed E-state index contributed by atoms with van der Waals surface area (Å²) in [6, 6.07) is 3.29. The van der Waals surface area contributed by atoms with Crippen molar-refractivity contribution in [2.45, 2.75) is 6.92 Å². The fourth-order valence-corrected chi connectivity index (χ4v) is 0.933. The van der Waals surface area contributed by atoms with Crippen LogP contribution in [0.5, 0.6) is 11.6 Å². The Morgan fingerprint density at radius 1 is 1.53 bits per heavy atom. The van der Waals surface area contributed by atoms with Gasteiger partial charge in [0.25, 0.3) is 0 Å². The van der Waals surface area contributed by atoms with Gasteiger partial charge in [-0.2, -0.15) is 0 Å². The molecular weight excluding hydrogens is 198 g/mol. The first-order valence-electron chi connectivity index (χ1n) is 4.54. The Labute approximate surface area is 88.0 Å². The highest BCUT2D eigenvalue weighted by Gasteiger charge is 2.04. The molecule has 5 heteroatoms. The van der Waals surface area contributed by atoms with E-state index in [1.54, 1.807) is 32.4 Å². The Kier molecular flexibility index (Phi) is 4.40. The van der Waals surface area contributed by atoms with Gasteiger partial charge in [0.15, 0.2) is 6.61 Å². The van der Waals surface area contributed by atoms with E-state index < -0.39 is 5.97 Å². The number of hydrogen-bond acceptors (Lipinski definition) is 5. The molecule has 0 aromatic carbocycles. The van der Waals surface area contributed by atoms with E-state index in [-0.39, 0.29) is 6.61 Å². The smallest absolute Gasteiger partial charge is 0.344 e. The van der Waals surface area contributed by atoms with Crippen LogP contribution in [0.25, 0.3) is 0 Å².